The van der Waals surface area contributed by atoms with E-state index in [1.54, 1.807) is 24.5 Å². The van der Waals surface area contributed by atoms with Gasteiger partial charge in [0.1, 0.15) is 12.0 Å². The first-order valence-electron chi connectivity index (χ1n) is 9.61. The molecule has 0 atom stereocenters. The number of nitrogens with zero attached hydrogens (tertiary/aromatic N) is 2. The molecule has 1 aromatic heterocycles. The van der Waals surface area contributed by atoms with Crippen molar-refractivity contribution >= 4 is 29.9 Å². The van der Waals surface area contributed by atoms with E-state index in [2.05, 4.69) is 25.3 Å². The molecule has 0 spiro atoms. The van der Waals surface area contributed by atoms with Gasteiger partial charge in [-0.15, -0.1) is 24.0 Å². The van der Waals surface area contributed by atoms with Crippen LogP contribution in [0.5, 0.6) is 5.75 Å². The molecule has 2 N–H and O–H groups in total. The van der Waals surface area contributed by atoms with Gasteiger partial charge in [0.15, 0.2) is 5.96 Å². The quantitative estimate of drug-likeness (QED) is 0.235. The number of aliphatic imine (C=N–C) groups is 1. The van der Waals surface area contributed by atoms with Crippen LogP contribution < -0.4 is 15.4 Å². The lowest BCUT2D eigenvalue weighted by Gasteiger charge is -2.10. The third kappa shape index (κ3) is 7.82. The van der Waals surface area contributed by atoms with Crippen LogP contribution in [0.3, 0.4) is 0 Å². The van der Waals surface area contributed by atoms with Crippen LogP contribution in [-0.2, 0) is 13.1 Å². The SMILES string of the molecule is CCNC(=NCc1cccc(OC(F)F)c1)NCc1coc(-c2ccc(C)cc2)n1.I. The molecule has 0 saturated carbocycles. The zero-order valence-electron chi connectivity index (χ0n) is 17.3. The lowest BCUT2D eigenvalue weighted by atomic mass is 10.1. The molecule has 0 fully saturated rings. The van der Waals surface area contributed by atoms with E-state index in [0.717, 1.165) is 16.8 Å². The highest BCUT2D eigenvalue weighted by Crippen LogP contribution is 2.19. The Labute approximate surface area is 197 Å². The first-order chi connectivity index (χ1) is 14.5. The Hall–Kier alpha value is -2.69. The summed E-state index contributed by atoms with van der Waals surface area (Å²) in [5.41, 5.74) is 3.58. The normalized spacial score (nSPS) is 11.2. The zero-order chi connectivity index (χ0) is 21.3. The number of aromatic nitrogens is 1. The fraction of sp³-hybridized carbons (Fsp3) is 0.273. The smallest absolute Gasteiger partial charge is 0.387 e. The van der Waals surface area contributed by atoms with Gasteiger partial charge in [0, 0.05) is 12.1 Å². The van der Waals surface area contributed by atoms with Crippen LogP contribution in [0, 0.1) is 6.92 Å². The lowest BCUT2D eigenvalue weighted by Crippen LogP contribution is -2.36. The van der Waals surface area contributed by atoms with E-state index in [4.69, 9.17) is 4.42 Å². The predicted molar refractivity (Wildman–Crippen MR) is 127 cm³/mol. The maximum atomic E-state index is 12.4. The molecular weight excluding hydrogens is 517 g/mol. The van der Waals surface area contributed by atoms with E-state index in [1.807, 2.05) is 38.1 Å². The maximum absolute atomic E-state index is 12.4. The topological polar surface area (TPSA) is 71.7 Å². The second-order valence-corrected chi connectivity index (χ2v) is 6.58. The molecule has 0 amide bonds. The molecule has 0 saturated heterocycles. The Balaban J connectivity index is 0.00000341. The molecule has 0 aliphatic rings. The molecule has 0 radical (unpaired) electrons. The van der Waals surface area contributed by atoms with E-state index >= 15 is 0 Å². The number of alkyl halides is 2. The summed E-state index contributed by atoms with van der Waals surface area (Å²) in [6, 6.07) is 14.4. The van der Waals surface area contributed by atoms with Gasteiger partial charge < -0.3 is 19.8 Å². The van der Waals surface area contributed by atoms with Crippen molar-refractivity contribution in [3.8, 4) is 17.2 Å². The van der Waals surface area contributed by atoms with E-state index < -0.39 is 6.61 Å². The molecule has 9 heteroatoms. The van der Waals surface area contributed by atoms with Crippen LogP contribution >= 0.6 is 24.0 Å². The van der Waals surface area contributed by atoms with Crippen LogP contribution in [-0.4, -0.2) is 24.1 Å². The maximum Gasteiger partial charge on any atom is 0.387 e. The number of aryl methyl sites for hydroxylation is 1. The number of halogens is 3. The fourth-order valence-corrected chi connectivity index (χ4v) is 2.72. The van der Waals surface area contributed by atoms with Crippen molar-refractivity contribution in [1.82, 2.24) is 15.6 Å². The van der Waals surface area contributed by atoms with Gasteiger partial charge in [-0.05, 0) is 43.7 Å². The summed E-state index contributed by atoms with van der Waals surface area (Å²) in [6.07, 6.45) is 1.61. The highest BCUT2D eigenvalue weighted by atomic mass is 127. The van der Waals surface area contributed by atoms with Crippen molar-refractivity contribution in [1.29, 1.82) is 0 Å². The Morgan fingerprint density at radius 2 is 1.94 bits per heavy atom. The number of oxazole rings is 1. The third-order valence-electron chi connectivity index (χ3n) is 4.17. The summed E-state index contributed by atoms with van der Waals surface area (Å²) in [4.78, 5) is 8.99. The number of guanidine groups is 1. The Bertz CT molecular complexity index is 978. The van der Waals surface area contributed by atoms with Gasteiger partial charge in [0.05, 0.1) is 18.8 Å². The largest absolute Gasteiger partial charge is 0.444 e. The minimum atomic E-state index is -2.85. The summed E-state index contributed by atoms with van der Waals surface area (Å²) in [5, 5.41) is 6.34. The van der Waals surface area contributed by atoms with Crippen molar-refractivity contribution in [2.24, 2.45) is 4.99 Å². The Morgan fingerprint density at radius 1 is 1.16 bits per heavy atom. The summed E-state index contributed by atoms with van der Waals surface area (Å²) in [6.45, 7) is 2.54. The predicted octanol–water partition coefficient (Wildman–Crippen LogP) is 5.12. The molecule has 3 rings (SSSR count). The van der Waals surface area contributed by atoms with E-state index in [-0.39, 0.29) is 29.7 Å². The van der Waals surface area contributed by atoms with Gasteiger partial charge in [0.2, 0.25) is 5.89 Å². The third-order valence-corrected chi connectivity index (χ3v) is 4.17. The van der Waals surface area contributed by atoms with Crippen molar-refractivity contribution < 1.29 is 17.9 Å². The molecule has 0 aliphatic carbocycles. The van der Waals surface area contributed by atoms with Gasteiger partial charge in [-0.25, -0.2) is 9.98 Å². The number of ether oxygens (including phenoxy) is 1. The number of rotatable bonds is 8. The summed E-state index contributed by atoms with van der Waals surface area (Å²) in [7, 11) is 0. The van der Waals surface area contributed by atoms with Gasteiger partial charge in [-0.1, -0.05) is 29.8 Å². The van der Waals surface area contributed by atoms with Gasteiger partial charge in [-0.3, -0.25) is 0 Å². The second-order valence-electron chi connectivity index (χ2n) is 6.58. The summed E-state index contributed by atoms with van der Waals surface area (Å²) in [5.74, 6) is 1.25. The fourth-order valence-electron chi connectivity index (χ4n) is 2.72. The molecule has 166 valence electrons. The summed E-state index contributed by atoms with van der Waals surface area (Å²) >= 11 is 0. The Kier molecular flexibility index (Phi) is 9.70. The monoisotopic (exact) mass is 542 g/mol. The van der Waals surface area contributed by atoms with Crippen molar-refractivity contribution in [3.05, 3.63) is 71.6 Å². The molecule has 2 aromatic carbocycles. The van der Waals surface area contributed by atoms with Crippen LogP contribution in [0.1, 0.15) is 23.7 Å². The second kappa shape index (κ2) is 12.2. The number of nitrogens with one attached hydrogen (secondary N) is 2. The molecule has 1 heterocycles. The van der Waals surface area contributed by atoms with Gasteiger partial charge >= 0.3 is 6.61 Å². The first-order valence-corrected chi connectivity index (χ1v) is 9.61. The van der Waals surface area contributed by atoms with E-state index in [1.165, 1.54) is 11.6 Å². The molecule has 3 aromatic rings. The van der Waals surface area contributed by atoms with Crippen LogP contribution in [0.2, 0.25) is 0 Å². The summed E-state index contributed by atoms with van der Waals surface area (Å²) < 4.78 is 34.7. The van der Waals surface area contributed by atoms with Crippen molar-refractivity contribution in [3.63, 3.8) is 0 Å². The van der Waals surface area contributed by atoms with E-state index in [0.29, 0.717) is 31.5 Å². The molecule has 31 heavy (non-hydrogen) atoms. The molecule has 0 bridgehead atoms. The van der Waals surface area contributed by atoms with Gasteiger partial charge in [-0.2, -0.15) is 8.78 Å². The number of hydrogen-bond donors (Lipinski definition) is 2. The zero-order valence-corrected chi connectivity index (χ0v) is 19.6. The van der Waals surface area contributed by atoms with Crippen molar-refractivity contribution in [2.75, 3.05) is 6.54 Å². The minimum absolute atomic E-state index is 0. The number of hydrogen-bond acceptors (Lipinski definition) is 4. The molecule has 6 nitrogen and oxygen atoms in total. The average molecular weight is 542 g/mol. The Morgan fingerprint density at radius 3 is 2.65 bits per heavy atom. The van der Waals surface area contributed by atoms with Crippen molar-refractivity contribution in [2.45, 2.75) is 33.5 Å². The number of benzene rings is 2. The average Bonchev–Trinajstić information content (AvgIpc) is 3.19. The van der Waals surface area contributed by atoms with Crippen LogP contribution in [0.15, 0.2) is 64.2 Å². The van der Waals surface area contributed by atoms with Crippen LogP contribution in [0.25, 0.3) is 11.5 Å². The highest BCUT2D eigenvalue weighted by Gasteiger charge is 2.08. The first kappa shape index (κ1) is 24.6. The lowest BCUT2D eigenvalue weighted by molar-refractivity contribution is -0.0498. The van der Waals surface area contributed by atoms with Crippen LogP contribution in [0.4, 0.5) is 8.78 Å². The standard InChI is InChI=1S/C22H24F2N4O2.HI/c1-3-25-22(26-12-16-5-4-6-19(11-16)30-21(23)24)27-13-18-14-29-20(28-18)17-9-7-15(2)8-10-17;/h4-11,14,21H,3,12-13H2,1-2H3,(H2,25,26,27);1H. The highest BCUT2D eigenvalue weighted by molar-refractivity contribution is 14.0. The van der Waals surface area contributed by atoms with Gasteiger partial charge in [0.25, 0.3) is 0 Å². The molecule has 0 unspecified atom stereocenters. The molecular formula is C22H25F2IN4O2. The molecule has 0 aliphatic heterocycles. The minimum Gasteiger partial charge on any atom is -0.444 e. The van der Waals surface area contributed by atoms with E-state index in [9.17, 15) is 8.78 Å².